The Morgan fingerprint density at radius 2 is 1.67 bits per heavy atom. The van der Waals surface area contributed by atoms with E-state index in [0.29, 0.717) is 13.1 Å². The Morgan fingerprint density at radius 3 is 2.00 bits per heavy atom. The fraction of sp³-hybridized carbons (Fsp3) is 1.00. The average Bonchev–Trinajstić information content (AvgIpc) is 2.56. The lowest BCUT2D eigenvalue weighted by Crippen LogP contribution is -2.57. The van der Waals surface area contributed by atoms with Crippen LogP contribution in [0.25, 0.3) is 0 Å². The summed E-state index contributed by atoms with van der Waals surface area (Å²) in [5.41, 5.74) is 5.64. The van der Waals surface area contributed by atoms with Crippen molar-refractivity contribution in [2.24, 2.45) is 5.73 Å². The van der Waals surface area contributed by atoms with Gasteiger partial charge in [0.05, 0.1) is 5.25 Å². The first-order valence-corrected chi connectivity index (χ1v) is 8.63. The van der Waals surface area contributed by atoms with Crippen molar-refractivity contribution in [3.8, 4) is 0 Å². The number of hydrogen-bond donors (Lipinski definition) is 1. The zero-order valence-electron chi connectivity index (χ0n) is 12.0. The third-order valence-electron chi connectivity index (χ3n) is 4.13. The summed E-state index contributed by atoms with van der Waals surface area (Å²) in [4.78, 5) is 0. The van der Waals surface area contributed by atoms with Gasteiger partial charge in [0.25, 0.3) is 0 Å². The predicted molar refractivity (Wildman–Crippen MR) is 75.9 cm³/mol. The Hall–Kier alpha value is -0.130. The topological polar surface area (TPSA) is 63.4 Å². The molecule has 1 saturated carbocycles. The Balaban J connectivity index is 3.09. The maximum absolute atomic E-state index is 12.5. The number of nitrogens with zero attached hydrogens (tertiary/aromatic N) is 1. The zero-order chi connectivity index (χ0) is 13.8. The molecule has 4 nitrogen and oxygen atoms in total. The van der Waals surface area contributed by atoms with Crippen molar-refractivity contribution < 1.29 is 8.42 Å². The van der Waals surface area contributed by atoms with Crippen LogP contribution < -0.4 is 5.73 Å². The molecule has 0 radical (unpaired) electrons. The molecule has 0 aromatic carbocycles. The highest BCUT2D eigenvalue weighted by molar-refractivity contribution is 7.89. The van der Waals surface area contributed by atoms with Gasteiger partial charge in [-0.1, -0.05) is 32.6 Å². The molecular formula is C13H28N2O2S. The molecule has 1 aliphatic carbocycles. The molecule has 18 heavy (non-hydrogen) atoms. The van der Waals surface area contributed by atoms with Crippen LogP contribution in [0.15, 0.2) is 0 Å². The van der Waals surface area contributed by atoms with Gasteiger partial charge < -0.3 is 5.73 Å². The van der Waals surface area contributed by atoms with E-state index >= 15 is 0 Å². The van der Waals surface area contributed by atoms with Crippen molar-refractivity contribution in [2.45, 2.75) is 70.1 Å². The summed E-state index contributed by atoms with van der Waals surface area (Å²) in [6.45, 7) is 6.38. The highest BCUT2D eigenvalue weighted by Gasteiger charge is 2.42. The molecule has 0 spiro atoms. The van der Waals surface area contributed by atoms with Gasteiger partial charge in [-0.05, 0) is 26.7 Å². The van der Waals surface area contributed by atoms with E-state index in [-0.39, 0.29) is 10.8 Å². The Bertz CT molecular complexity index is 344. The van der Waals surface area contributed by atoms with E-state index in [1.54, 1.807) is 18.2 Å². The molecule has 0 heterocycles. The third kappa shape index (κ3) is 3.06. The summed E-state index contributed by atoms with van der Waals surface area (Å²) in [5.74, 6) is 0. The lowest BCUT2D eigenvalue weighted by molar-refractivity contribution is 0.172. The predicted octanol–water partition coefficient (Wildman–Crippen LogP) is 2.10. The van der Waals surface area contributed by atoms with E-state index < -0.39 is 10.0 Å². The van der Waals surface area contributed by atoms with Gasteiger partial charge in [0.15, 0.2) is 0 Å². The van der Waals surface area contributed by atoms with Crippen LogP contribution in [0, 0.1) is 0 Å². The Kier molecular flexibility index (Phi) is 5.62. The van der Waals surface area contributed by atoms with Crippen LogP contribution in [0.3, 0.4) is 0 Å². The van der Waals surface area contributed by atoms with Crippen molar-refractivity contribution in [3.05, 3.63) is 0 Å². The van der Waals surface area contributed by atoms with Crippen molar-refractivity contribution >= 4 is 10.0 Å². The molecule has 1 rings (SSSR count). The van der Waals surface area contributed by atoms with E-state index in [1.165, 1.54) is 12.8 Å². The van der Waals surface area contributed by atoms with Crippen LogP contribution in [0.4, 0.5) is 0 Å². The molecule has 0 aromatic heterocycles. The summed E-state index contributed by atoms with van der Waals surface area (Å²) >= 11 is 0. The summed E-state index contributed by atoms with van der Waals surface area (Å²) in [6, 6.07) is 0. The van der Waals surface area contributed by atoms with Crippen molar-refractivity contribution in [1.82, 2.24) is 4.31 Å². The highest BCUT2D eigenvalue weighted by Crippen LogP contribution is 2.34. The monoisotopic (exact) mass is 276 g/mol. The van der Waals surface area contributed by atoms with Crippen LogP contribution in [0.5, 0.6) is 0 Å². The number of rotatable bonds is 5. The minimum atomic E-state index is -3.22. The molecule has 0 aromatic rings. The zero-order valence-corrected chi connectivity index (χ0v) is 12.8. The van der Waals surface area contributed by atoms with E-state index in [9.17, 15) is 8.42 Å². The molecule has 1 aliphatic rings. The minimum Gasteiger partial charge on any atom is -0.329 e. The summed E-state index contributed by atoms with van der Waals surface area (Å²) in [6.07, 6.45) is 6.37. The van der Waals surface area contributed by atoms with Crippen LogP contribution in [0.2, 0.25) is 0 Å². The highest BCUT2D eigenvalue weighted by atomic mass is 32.2. The first-order chi connectivity index (χ1) is 8.40. The van der Waals surface area contributed by atoms with Crippen LogP contribution in [-0.4, -0.2) is 36.6 Å². The van der Waals surface area contributed by atoms with Gasteiger partial charge in [0.1, 0.15) is 0 Å². The largest absolute Gasteiger partial charge is 0.329 e. The van der Waals surface area contributed by atoms with Crippen LogP contribution >= 0.6 is 0 Å². The van der Waals surface area contributed by atoms with Gasteiger partial charge in [-0.3, -0.25) is 0 Å². The molecule has 2 N–H and O–H groups in total. The van der Waals surface area contributed by atoms with Gasteiger partial charge in [-0.2, -0.15) is 4.31 Å². The second kappa shape index (κ2) is 6.35. The van der Waals surface area contributed by atoms with E-state index in [2.05, 4.69) is 0 Å². The normalized spacial score (nSPS) is 21.2. The summed E-state index contributed by atoms with van der Waals surface area (Å²) in [7, 11) is -3.22. The number of likely N-dealkylation sites (N-methyl/N-ethyl adjacent to an activating group) is 1. The number of hydrogen-bond acceptors (Lipinski definition) is 3. The molecule has 0 saturated heterocycles. The molecule has 5 heteroatoms. The maximum Gasteiger partial charge on any atom is 0.216 e. The number of nitrogens with two attached hydrogens (primary N) is 1. The summed E-state index contributed by atoms with van der Waals surface area (Å²) in [5, 5.41) is -0.371. The van der Waals surface area contributed by atoms with E-state index in [0.717, 1.165) is 25.7 Å². The quantitative estimate of drug-likeness (QED) is 0.782. The van der Waals surface area contributed by atoms with Gasteiger partial charge in [0.2, 0.25) is 10.0 Å². The van der Waals surface area contributed by atoms with Gasteiger partial charge in [-0.15, -0.1) is 0 Å². The van der Waals surface area contributed by atoms with Crippen molar-refractivity contribution in [1.29, 1.82) is 0 Å². The lowest BCUT2D eigenvalue weighted by Gasteiger charge is -2.42. The molecule has 0 bridgehead atoms. The second-order valence-electron chi connectivity index (χ2n) is 5.60. The standard InChI is InChI=1S/C13H28N2O2S/c1-4-15(18(16,17)12(2)3)13(11-14)9-7-5-6-8-10-13/h12H,4-11,14H2,1-3H3. The van der Waals surface area contributed by atoms with Gasteiger partial charge in [0, 0.05) is 18.6 Å². The molecular weight excluding hydrogens is 248 g/mol. The molecule has 0 aliphatic heterocycles. The molecule has 0 amide bonds. The SMILES string of the molecule is CCN(C1(CN)CCCCCC1)S(=O)(=O)C(C)C. The van der Waals surface area contributed by atoms with Crippen LogP contribution in [-0.2, 0) is 10.0 Å². The van der Waals surface area contributed by atoms with Gasteiger partial charge in [-0.25, -0.2) is 8.42 Å². The Morgan fingerprint density at radius 1 is 1.17 bits per heavy atom. The molecule has 0 unspecified atom stereocenters. The molecule has 108 valence electrons. The van der Waals surface area contributed by atoms with Crippen molar-refractivity contribution in [3.63, 3.8) is 0 Å². The van der Waals surface area contributed by atoms with Crippen molar-refractivity contribution in [2.75, 3.05) is 13.1 Å². The smallest absolute Gasteiger partial charge is 0.216 e. The fourth-order valence-corrected chi connectivity index (χ4v) is 4.65. The van der Waals surface area contributed by atoms with Crippen LogP contribution in [0.1, 0.15) is 59.3 Å². The van der Waals surface area contributed by atoms with E-state index in [1.807, 2.05) is 6.92 Å². The fourth-order valence-electron chi connectivity index (χ4n) is 2.98. The van der Waals surface area contributed by atoms with E-state index in [4.69, 9.17) is 5.73 Å². The average molecular weight is 276 g/mol. The third-order valence-corrected chi connectivity index (χ3v) is 6.58. The maximum atomic E-state index is 12.5. The number of sulfonamides is 1. The first-order valence-electron chi connectivity index (χ1n) is 7.12. The summed E-state index contributed by atoms with van der Waals surface area (Å²) < 4.78 is 26.7. The molecule has 1 fully saturated rings. The first kappa shape index (κ1) is 15.9. The lowest BCUT2D eigenvalue weighted by atomic mass is 9.90. The van der Waals surface area contributed by atoms with Gasteiger partial charge >= 0.3 is 0 Å². The molecule has 0 atom stereocenters. The minimum absolute atomic E-state index is 0.339. The Labute approximate surface area is 112 Å². The second-order valence-corrected chi connectivity index (χ2v) is 8.01.